The van der Waals surface area contributed by atoms with Gasteiger partial charge >= 0.3 is 0 Å². The van der Waals surface area contributed by atoms with Crippen LogP contribution >= 0.6 is 31.9 Å². The molecular weight excluding hydrogens is 311 g/mol. The Kier molecular flexibility index (Phi) is 5.10. The molecule has 0 aromatic heterocycles. The van der Waals surface area contributed by atoms with Crippen LogP contribution in [0.25, 0.3) is 0 Å². The number of hydrogen-bond donors (Lipinski definition) is 0. The summed E-state index contributed by atoms with van der Waals surface area (Å²) in [5.74, 6) is -0.161. The maximum Gasteiger partial charge on any atom is 0.123 e. The fourth-order valence-corrected chi connectivity index (χ4v) is 1.92. The molecule has 0 bridgehead atoms. The Labute approximate surface area is 101 Å². The third-order valence-corrected chi connectivity index (χ3v) is 4.06. The van der Waals surface area contributed by atoms with Crippen LogP contribution < -0.4 is 0 Å². The van der Waals surface area contributed by atoms with E-state index < -0.39 is 0 Å². The van der Waals surface area contributed by atoms with Crippen molar-refractivity contribution in [3.05, 3.63) is 34.1 Å². The van der Waals surface area contributed by atoms with Crippen LogP contribution in [0.3, 0.4) is 0 Å². The van der Waals surface area contributed by atoms with Gasteiger partial charge in [0.25, 0.3) is 0 Å². The van der Waals surface area contributed by atoms with Gasteiger partial charge in [-0.05, 0) is 43.0 Å². The van der Waals surface area contributed by atoms with Gasteiger partial charge in [0.2, 0.25) is 0 Å². The third kappa shape index (κ3) is 3.70. The standard InChI is InChI=1S/C11H13Br2F/c1-2-9(12)4-3-8-7-10(14)5-6-11(8)13/h5-7,9H,2-4H2,1H3. The summed E-state index contributed by atoms with van der Waals surface area (Å²) in [5, 5.41) is 0. The van der Waals surface area contributed by atoms with Crippen LogP contribution in [-0.4, -0.2) is 4.83 Å². The van der Waals surface area contributed by atoms with E-state index in [9.17, 15) is 4.39 Å². The molecular formula is C11H13Br2F. The molecule has 1 aromatic carbocycles. The van der Waals surface area contributed by atoms with Crippen LogP contribution in [0.4, 0.5) is 4.39 Å². The Hall–Kier alpha value is 0.110. The fraction of sp³-hybridized carbons (Fsp3) is 0.455. The molecule has 0 amide bonds. The van der Waals surface area contributed by atoms with Crippen molar-refractivity contribution in [2.45, 2.75) is 31.0 Å². The van der Waals surface area contributed by atoms with Crippen LogP contribution in [0.15, 0.2) is 22.7 Å². The Bertz CT molecular complexity index is 299. The second-order valence-corrected chi connectivity index (χ2v) is 5.43. The maximum atomic E-state index is 12.9. The van der Waals surface area contributed by atoms with E-state index in [1.165, 1.54) is 6.07 Å². The van der Waals surface area contributed by atoms with Crippen molar-refractivity contribution in [1.29, 1.82) is 0 Å². The van der Waals surface area contributed by atoms with Crippen molar-refractivity contribution < 1.29 is 4.39 Å². The Morgan fingerprint density at radius 3 is 2.79 bits per heavy atom. The lowest BCUT2D eigenvalue weighted by atomic mass is 10.1. The van der Waals surface area contributed by atoms with Crippen LogP contribution in [0.2, 0.25) is 0 Å². The molecule has 3 heteroatoms. The van der Waals surface area contributed by atoms with Gasteiger partial charge in [-0.2, -0.15) is 0 Å². The topological polar surface area (TPSA) is 0 Å². The number of rotatable bonds is 4. The summed E-state index contributed by atoms with van der Waals surface area (Å²) >= 11 is 6.99. The largest absolute Gasteiger partial charge is 0.207 e. The number of benzene rings is 1. The maximum absolute atomic E-state index is 12.9. The van der Waals surface area contributed by atoms with E-state index in [0.29, 0.717) is 4.83 Å². The molecule has 1 atom stereocenters. The molecule has 0 spiro atoms. The molecule has 1 rings (SSSR count). The first kappa shape index (κ1) is 12.2. The minimum Gasteiger partial charge on any atom is -0.207 e. The Morgan fingerprint density at radius 2 is 2.14 bits per heavy atom. The molecule has 0 nitrogen and oxygen atoms in total. The van der Waals surface area contributed by atoms with E-state index in [1.807, 2.05) is 0 Å². The molecule has 1 aromatic rings. The van der Waals surface area contributed by atoms with E-state index in [1.54, 1.807) is 12.1 Å². The van der Waals surface area contributed by atoms with Crippen LogP contribution in [-0.2, 0) is 6.42 Å². The summed E-state index contributed by atoms with van der Waals surface area (Å²) in [4.78, 5) is 0.526. The van der Waals surface area contributed by atoms with Crippen LogP contribution in [0.5, 0.6) is 0 Å². The molecule has 0 aliphatic rings. The fourth-order valence-electron chi connectivity index (χ4n) is 1.25. The van der Waals surface area contributed by atoms with Gasteiger partial charge in [-0.25, -0.2) is 4.39 Å². The summed E-state index contributed by atoms with van der Waals surface area (Å²) in [7, 11) is 0. The molecule has 14 heavy (non-hydrogen) atoms. The second-order valence-electron chi connectivity index (χ2n) is 3.28. The molecule has 0 N–H and O–H groups in total. The number of alkyl halides is 1. The molecule has 0 saturated heterocycles. The molecule has 0 radical (unpaired) electrons. The van der Waals surface area contributed by atoms with Crippen molar-refractivity contribution in [2.24, 2.45) is 0 Å². The molecule has 0 saturated carbocycles. The van der Waals surface area contributed by atoms with Gasteiger partial charge in [0.1, 0.15) is 5.82 Å². The highest BCUT2D eigenvalue weighted by Crippen LogP contribution is 2.21. The average molecular weight is 324 g/mol. The summed E-state index contributed by atoms with van der Waals surface area (Å²) in [6.07, 6.45) is 3.05. The molecule has 0 heterocycles. The smallest absolute Gasteiger partial charge is 0.123 e. The highest BCUT2D eigenvalue weighted by Gasteiger charge is 2.05. The van der Waals surface area contributed by atoms with Crippen molar-refractivity contribution in [3.8, 4) is 0 Å². The lowest BCUT2D eigenvalue weighted by Gasteiger charge is -2.08. The molecule has 0 aliphatic carbocycles. The van der Waals surface area contributed by atoms with Crippen LogP contribution in [0.1, 0.15) is 25.3 Å². The zero-order valence-electron chi connectivity index (χ0n) is 8.06. The van der Waals surface area contributed by atoms with E-state index >= 15 is 0 Å². The van der Waals surface area contributed by atoms with E-state index in [-0.39, 0.29) is 5.82 Å². The summed E-state index contributed by atoms with van der Waals surface area (Å²) < 4.78 is 13.9. The molecule has 1 unspecified atom stereocenters. The zero-order valence-corrected chi connectivity index (χ0v) is 11.2. The molecule has 0 fully saturated rings. The summed E-state index contributed by atoms with van der Waals surface area (Å²) in [6, 6.07) is 4.83. The Balaban J connectivity index is 2.62. The number of aryl methyl sites for hydroxylation is 1. The average Bonchev–Trinajstić information content (AvgIpc) is 2.19. The molecule has 0 aliphatic heterocycles. The highest BCUT2D eigenvalue weighted by molar-refractivity contribution is 9.10. The molecule has 78 valence electrons. The predicted molar refractivity (Wildman–Crippen MR) is 65.4 cm³/mol. The number of halogens is 3. The summed E-state index contributed by atoms with van der Waals surface area (Å²) in [5.41, 5.74) is 1.04. The van der Waals surface area contributed by atoms with Gasteiger partial charge in [-0.3, -0.25) is 0 Å². The van der Waals surface area contributed by atoms with E-state index in [0.717, 1.165) is 29.3 Å². The van der Waals surface area contributed by atoms with Crippen molar-refractivity contribution in [2.75, 3.05) is 0 Å². The lowest BCUT2D eigenvalue weighted by molar-refractivity contribution is 0.623. The zero-order chi connectivity index (χ0) is 10.6. The quantitative estimate of drug-likeness (QED) is 0.705. The van der Waals surface area contributed by atoms with Crippen molar-refractivity contribution >= 4 is 31.9 Å². The van der Waals surface area contributed by atoms with Gasteiger partial charge in [0, 0.05) is 9.30 Å². The van der Waals surface area contributed by atoms with Crippen molar-refractivity contribution in [3.63, 3.8) is 0 Å². The van der Waals surface area contributed by atoms with Crippen molar-refractivity contribution in [1.82, 2.24) is 0 Å². The number of hydrogen-bond acceptors (Lipinski definition) is 0. The first-order chi connectivity index (χ1) is 6.63. The van der Waals surface area contributed by atoms with Crippen LogP contribution in [0, 0.1) is 5.82 Å². The van der Waals surface area contributed by atoms with Gasteiger partial charge in [-0.15, -0.1) is 0 Å². The second kappa shape index (κ2) is 5.86. The summed E-state index contributed by atoms with van der Waals surface area (Å²) in [6.45, 7) is 2.14. The monoisotopic (exact) mass is 322 g/mol. The van der Waals surface area contributed by atoms with E-state index in [2.05, 4.69) is 38.8 Å². The Morgan fingerprint density at radius 1 is 1.43 bits per heavy atom. The van der Waals surface area contributed by atoms with E-state index in [4.69, 9.17) is 0 Å². The minimum atomic E-state index is -0.161. The first-order valence-corrected chi connectivity index (χ1v) is 6.42. The minimum absolute atomic E-state index is 0.161. The SMILES string of the molecule is CCC(Br)CCc1cc(F)ccc1Br. The predicted octanol–water partition coefficient (Wildman–Crippen LogP) is 4.69. The first-order valence-electron chi connectivity index (χ1n) is 4.71. The van der Waals surface area contributed by atoms with Gasteiger partial charge in [0.05, 0.1) is 0 Å². The van der Waals surface area contributed by atoms with Gasteiger partial charge in [-0.1, -0.05) is 38.8 Å². The van der Waals surface area contributed by atoms with Gasteiger partial charge in [0.15, 0.2) is 0 Å². The normalized spacial score (nSPS) is 12.9. The lowest BCUT2D eigenvalue weighted by Crippen LogP contribution is -1.98. The highest BCUT2D eigenvalue weighted by atomic mass is 79.9. The third-order valence-electron chi connectivity index (χ3n) is 2.18. The van der Waals surface area contributed by atoms with Gasteiger partial charge < -0.3 is 0 Å².